The van der Waals surface area contributed by atoms with Crippen molar-refractivity contribution in [2.75, 3.05) is 5.32 Å². The van der Waals surface area contributed by atoms with Crippen molar-refractivity contribution < 1.29 is 9.53 Å². The molecule has 0 unspecified atom stereocenters. The minimum absolute atomic E-state index is 0.242. The van der Waals surface area contributed by atoms with Crippen molar-refractivity contribution in [2.45, 2.75) is 0 Å². The molecule has 0 aliphatic rings. The predicted octanol–water partition coefficient (Wildman–Crippen LogP) is 3.17. The van der Waals surface area contributed by atoms with Gasteiger partial charge in [0, 0.05) is 11.9 Å². The van der Waals surface area contributed by atoms with Crippen molar-refractivity contribution in [3.8, 4) is 11.5 Å². The Morgan fingerprint density at radius 1 is 0.920 bits per heavy atom. The van der Waals surface area contributed by atoms with Gasteiger partial charge in [-0.25, -0.2) is 0 Å². The number of hydrogen-bond donors (Lipinski definition) is 1. The number of pyridine rings is 1. The lowest BCUT2D eigenvalue weighted by molar-refractivity contribution is 0.102. The molecule has 2 aromatic carbocycles. The first kappa shape index (κ1) is 14.8. The van der Waals surface area contributed by atoms with E-state index in [1.54, 1.807) is 42.6 Å². The van der Waals surface area contributed by atoms with Crippen molar-refractivity contribution in [1.82, 2.24) is 20.0 Å². The number of anilines is 1. The van der Waals surface area contributed by atoms with Gasteiger partial charge in [-0.2, -0.15) is 4.52 Å². The number of amides is 1. The second-order valence-corrected chi connectivity index (χ2v) is 5.29. The number of aromatic nitrogens is 4. The Morgan fingerprint density at radius 3 is 2.48 bits per heavy atom. The minimum Gasteiger partial charge on any atom is -0.457 e. The zero-order valence-electron chi connectivity index (χ0n) is 13.0. The van der Waals surface area contributed by atoms with E-state index in [4.69, 9.17) is 4.74 Å². The third kappa shape index (κ3) is 3.30. The van der Waals surface area contributed by atoms with E-state index in [0.29, 0.717) is 22.6 Å². The van der Waals surface area contributed by atoms with Crippen LogP contribution in [0.25, 0.3) is 5.65 Å². The Labute approximate surface area is 142 Å². The highest BCUT2D eigenvalue weighted by molar-refractivity contribution is 6.04. The van der Waals surface area contributed by atoms with Crippen LogP contribution in [0.1, 0.15) is 10.4 Å². The summed E-state index contributed by atoms with van der Waals surface area (Å²) in [4.78, 5) is 12.3. The number of nitrogens with one attached hydrogen (secondary N) is 1. The molecule has 0 saturated heterocycles. The third-order valence-electron chi connectivity index (χ3n) is 3.54. The summed E-state index contributed by atoms with van der Waals surface area (Å²) in [6, 6.07) is 20.0. The standard InChI is InChI=1S/C18H13N5O2/c24-18(13-6-11-17-20-21-22-23(17)12-13)19-14-7-9-16(10-8-14)25-15-4-2-1-3-5-15/h1-12H,(H,19,24). The van der Waals surface area contributed by atoms with Crippen LogP contribution in [-0.4, -0.2) is 25.9 Å². The van der Waals surface area contributed by atoms with Crippen LogP contribution in [0.5, 0.6) is 11.5 Å². The normalized spacial score (nSPS) is 10.6. The van der Waals surface area contributed by atoms with Crippen LogP contribution >= 0.6 is 0 Å². The summed E-state index contributed by atoms with van der Waals surface area (Å²) in [5, 5.41) is 14.0. The summed E-state index contributed by atoms with van der Waals surface area (Å²) in [5.74, 6) is 1.21. The minimum atomic E-state index is -0.242. The van der Waals surface area contributed by atoms with Gasteiger partial charge in [0.1, 0.15) is 11.5 Å². The number of benzene rings is 2. The van der Waals surface area contributed by atoms with Crippen LogP contribution in [0.15, 0.2) is 72.9 Å². The predicted molar refractivity (Wildman–Crippen MR) is 91.7 cm³/mol. The number of carbonyl (C=O) groups is 1. The van der Waals surface area contributed by atoms with Gasteiger partial charge in [-0.15, -0.1) is 5.10 Å². The van der Waals surface area contributed by atoms with Crippen LogP contribution in [-0.2, 0) is 0 Å². The Balaban J connectivity index is 1.46. The fourth-order valence-corrected chi connectivity index (χ4v) is 2.31. The van der Waals surface area contributed by atoms with Crippen molar-refractivity contribution in [3.63, 3.8) is 0 Å². The fourth-order valence-electron chi connectivity index (χ4n) is 2.31. The van der Waals surface area contributed by atoms with Crippen molar-refractivity contribution >= 4 is 17.2 Å². The molecule has 0 bridgehead atoms. The van der Waals surface area contributed by atoms with E-state index in [2.05, 4.69) is 20.8 Å². The lowest BCUT2D eigenvalue weighted by atomic mass is 10.2. The second kappa shape index (κ2) is 6.40. The van der Waals surface area contributed by atoms with Crippen LogP contribution in [0.3, 0.4) is 0 Å². The van der Waals surface area contributed by atoms with E-state index in [1.807, 2.05) is 30.3 Å². The highest BCUT2D eigenvalue weighted by Gasteiger charge is 2.08. The maximum Gasteiger partial charge on any atom is 0.257 e. The summed E-state index contributed by atoms with van der Waals surface area (Å²) < 4.78 is 7.17. The number of nitrogens with zero attached hydrogens (tertiary/aromatic N) is 4. The van der Waals surface area contributed by atoms with Crippen LogP contribution < -0.4 is 10.1 Å². The van der Waals surface area contributed by atoms with Gasteiger partial charge in [0.15, 0.2) is 5.65 Å². The first-order valence-electron chi connectivity index (χ1n) is 7.60. The lowest BCUT2D eigenvalue weighted by Crippen LogP contribution is -2.12. The lowest BCUT2D eigenvalue weighted by Gasteiger charge is -2.08. The molecule has 0 radical (unpaired) electrons. The molecule has 4 rings (SSSR count). The smallest absolute Gasteiger partial charge is 0.257 e. The first-order valence-corrected chi connectivity index (χ1v) is 7.60. The Hall–Kier alpha value is -3.74. The van der Waals surface area contributed by atoms with E-state index in [0.717, 1.165) is 5.75 Å². The van der Waals surface area contributed by atoms with Gasteiger partial charge < -0.3 is 10.1 Å². The van der Waals surface area contributed by atoms with Crippen molar-refractivity contribution in [2.24, 2.45) is 0 Å². The van der Waals surface area contributed by atoms with E-state index in [-0.39, 0.29) is 5.91 Å². The maximum absolute atomic E-state index is 12.3. The number of para-hydroxylation sites is 1. The van der Waals surface area contributed by atoms with Crippen molar-refractivity contribution in [3.05, 3.63) is 78.5 Å². The molecular weight excluding hydrogens is 318 g/mol. The second-order valence-electron chi connectivity index (χ2n) is 5.29. The maximum atomic E-state index is 12.3. The summed E-state index contributed by atoms with van der Waals surface area (Å²) in [5.41, 5.74) is 1.71. The molecule has 1 N–H and O–H groups in total. The molecule has 122 valence electrons. The molecule has 2 aromatic heterocycles. The molecular formula is C18H13N5O2. The largest absolute Gasteiger partial charge is 0.457 e. The third-order valence-corrected chi connectivity index (χ3v) is 3.54. The number of tetrazole rings is 1. The number of rotatable bonds is 4. The molecule has 4 aromatic rings. The molecule has 1 amide bonds. The van der Waals surface area contributed by atoms with E-state index in [9.17, 15) is 4.79 Å². The molecule has 25 heavy (non-hydrogen) atoms. The van der Waals surface area contributed by atoms with Gasteiger partial charge in [-0.05, 0) is 59.0 Å². The topological polar surface area (TPSA) is 81.4 Å². The number of ether oxygens (including phenoxy) is 1. The highest BCUT2D eigenvalue weighted by Crippen LogP contribution is 2.22. The summed E-state index contributed by atoms with van der Waals surface area (Å²) in [6.45, 7) is 0. The zero-order chi connectivity index (χ0) is 17.1. The molecule has 0 fully saturated rings. The summed E-state index contributed by atoms with van der Waals surface area (Å²) in [6.07, 6.45) is 1.58. The van der Waals surface area contributed by atoms with Gasteiger partial charge in [-0.1, -0.05) is 18.2 Å². The van der Waals surface area contributed by atoms with E-state index >= 15 is 0 Å². The van der Waals surface area contributed by atoms with Gasteiger partial charge >= 0.3 is 0 Å². The van der Waals surface area contributed by atoms with E-state index in [1.165, 1.54) is 4.52 Å². The fraction of sp³-hybridized carbons (Fsp3) is 0. The Bertz CT molecular complexity index is 1010. The highest BCUT2D eigenvalue weighted by atomic mass is 16.5. The number of fused-ring (bicyclic) bond motifs is 1. The molecule has 0 spiro atoms. The summed E-state index contributed by atoms with van der Waals surface area (Å²) in [7, 11) is 0. The molecule has 0 atom stereocenters. The van der Waals surface area contributed by atoms with Crippen molar-refractivity contribution in [1.29, 1.82) is 0 Å². The monoisotopic (exact) mass is 331 g/mol. The Kier molecular flexibility index (Phi) is 3.80. The average Bonchev–Trinajstić information content (AvgIpc) is 3.12. The molecule has 0 aliphatic carbocycles. The number of carbonyl (C=O) groups excluding carboxylic acids is 1. The van der Waals surface area contributed by atoms with Gasteiger partial charge in [0.2, 0.25) is 0 Å². The first-order chi connectivity index (χ1) is 12.3. The van der Waals surface area contributed by atoms with Crippen LogP contribution in [0.4, 0.5) is 5.69 Å². The SMILES string of the molecule is O=C(Nc1ccc(Oc2ccccc2)cc1)c1ccc2nnnn2c1. The molecule has 2 heterocycles. The molecule has 7 heteroatoms. The summed E-state index contributed by atoms with van der Waals surface area (Å²) >= 11 is 0. The average molecular weight is 331 g/mol. The molecule has 0 aliphatic heterocycles. The van der Waals surface area contributed by atoms with Crippen LogP contribution in [0.2, 0.25) is 0 Å². The molecule has 0 saturated carbocycles. The Morgan fingerprint density at radius 2 is 1.68 bits per heavy atom. The zero-order valence-corrected chi connectivity index (χ0v) is 13.0. The van der Waals surface area contributed by atoms with E-state index < -0.39 is 0 Å². The van der Waals surface area contributed by atoms with Gasteiger partial charge in [0.25, 0.3) is 5.91 Å². The molecule has 7 nitrogen and oxygen atoms in total. The quantitative estimate of drug-likeness (QED) is 0.621. The number of hydrogen-bond acceptors (Lipinski definition) is 5. The van der Waals surface area contributed by atoms with Gasteiger partial charge in [-0.3, -0.25) is 4.79 Å². The van der Waals surface area contributed by atoms with Crippen LogP contribution in [0, 0.1) is 0 Å². The van der Waals surface area contributed by atoms with Gasteiger partial charge in [0.05, 0.1) is 5.56 Å².